The van der Waals surface area contributed by atoms with Crippen LogP contribution < -0.4 is 5.32 Å². The Kier molecular flexibility index (Phi) is 5.11. The average Bonchev–Trinajstić information content (AvgIpc) is 2.31. The first-order chi connectivity index (χ1) is 9.17. The van der Waals surface area contributed by atoms with Crippen molar-refractivity contribution in [3.8, 4) is 0 Å². The molecule has 2 N–H and O–H groups in total. The summed E-state index contributed by atoms with van der Waals surface area (Å²) in [6.45, 7) is 5.24. The van der Waals surface area contributed by atoms with Crippen LogP contribution in [0.1, 0.15) is 37.6 Å². The van der Waals surface area contributed by atoms with Crippen LogP contribution in [0, 0.1) is 11.7 Å². The Morgan fingerprint density at radius 1 is 1.45 bits per heavy atom. The van der Waals surface area contributed by atoms with Gasteiger partial charge in [-0.3, -0.25) is 9.59 Å². The Labute approximate surface area is 121 Å². The van der Waals surface area contributed by atoms with Gasteiger partial charge in [0.15, 0.2) is 0 Å². The molecule has 0 fully saturated rings. The number of aliphatic carboxylic acids is 1. The third-order valence-electron chi connectivity index (χ3n) is 3.39. The van der Waals surface area contributed by atoms with Crippen LogP contribution in [-0.2, 0) is 4.79 Å². The van der Waals surface area contributed by atoms with Crippen LogP contribution in [0.3, 0.4) is 0 Å². The van der Waals surface area contributed by atoms with Crippen molar-refractivity contribution in [2.75, 3.05) is 0 Å². The lowest BCUT2D eigenvalue weighted by Gasteiger charge is -2.33. The van der Waals surface area contributed by atoms with Crippen molar-refractivity contribution in [3.63, 3.8) is 0 Å². The molecule has 4 nitrogen and oxygen atoms in total. The second kappa shape index (κ2) is 6.22. The molecule has 0 saturated heterocycles. The summed E-state index contributed by atoms with van der Waals surface area (Å²) in [5.74, 6) is -2.42. The Morgan fingerprint density at radius 3 is 2.55 bits per heavy atom. The molecule has 1 aromatic carbocycles. The van der Waals surface area contributed by atoms with Crippen LogP contribution in [0.5, 0.6) is 0 Å². The number of carboxylic acid groups (broad SMARTS) is 1. The molecule has 0 spiro atoms. The summed E-state index contributed by atoms with van der Waals surface area (Å²) < 4.78 is 13.3. The van der Waals surface area contributed by atoms with Crippen molar-refractivity contribution in [2.24, 2.45) is 5.92 Å². The molecule has 6 heteroatoms. The van der Waals surface area contributed by atoms with Gasteiger partial charge in [0, 0.05) is 0 Å². The minimum atomic E-state index is -1.02. The highest BCUT2D eigenvalue weighted by atomic mass is 35.5. The molecule has 0 aliphatic carbocycles. The van der Waals surface area contributed by atoms with E-state index < -0.39 is 23.2 Å². The van der Waals surface area contributed by atoms with Gasteiger partial charge < -0.3 is 10.4 Å². The molecule has 0 saturated carbocycles. The number of rotatable bonds is 5. The maximum atomic E-state index is 13.3. The number of carbonyl (C=O) groups is 2. The second-order valence-corrected chi connectivity index (χ2v) is 5.58. The SMILES string of the molecule is CC(C)C(C)(CC(=O)O)NC(=O)c1cccc(F)c1Cl. The van der Waals surface area contributed by atoms with Crippen LogP contribution in [-0.4, -0.2) is 22.5 Å². The van der Waals surface area contributed by atoms with Crippen LogP contribution in [0.15, 0.2) is 18.2 Å². The van der Waals surface area contributed by atoms with E-state index >= 15 is 0 Å². The molecule has 0 bridgehead atoms. The van der Waals surface area contributed by atoms with Crippen molar-refractivity contribution in [1.82, 2.24) is 5.32 Å². The van der Waals surface area contributed by atoms with E-state index in [4.69, 9.17) is 16.7 Å². The molecule has 1 atom stereocenters. The summed E-state index contributed by atoms with van der Waals surface area (Å²) in [5, 5.41) is 11.3. The molecule has 110 valence electrons. The molecule has 20 heavy (non-hydrogen) atoms. The number of amides is 1. The fourth-order valence-electron chi connectivity index (χ4n) is 1.71. The second-order valence-electron chi connectivity index (χ2n) is 5.20. The van der Waals surface area contributed by atoms with Gasteiger partial charge in [0.1, 0.15) is 5.82 Å². The van der Waals surface area contributed by atoms with Gasteiger partial charge in [0.25, 0.3) is 5.91 Å². The van der Waals surface area contributed by atoms with Gasteiger partial charge in [0.2, 0.25) is 0 Å². The van der Waals surface area contributed by atoms with E-state index in [0.29, 0.717) is 0 Å². The van der Waals surface area contributed by atoms with E-state index in [2.05, 4.69) is 5.32 Å². The molecule has 0 aliphatic rings. The van der Waals surface area contributed by atoms with Crippen molar-refractivity contribution in [1.29, 1.82) is 0 Å². The van der Waals surface area contributed by atoms with Gasteiger partial charge in [-0.1, -0.05) is 31.5 Å². The van der Waals surface area contributed by atoms with E-state index in [1.54, 1.807) is 20.8 Å². The first-order valence-corrected chi connectivity index (χ1v) is 6.53. The lowest BCUT2D eigenvalue weighted by Crippen LogP contribution is -2.51. The van der Waals surface area contributed by atoms with Gasteiger partial charge >= 0.3 is 5.97 Å². The molecule has 1 amide bonds. The number of hydrogen-bond donors (Lipinski definition) is 2. The molecular weight excluding hydrogens is 285 g/mol. The smallest absolute Gasteiger partial charge is 0.305 e. The summed E-state index contributed by atoms with van der Waals surface area (Å²) in [6.07, 6.45) is -0.233. The van der Waals surface area contributed by atoms with E-state index in [1.807, 2.05) is 0 Å². The van der Waals surface area contributed by atoms with E-state index in [1.165, 1.54) is 12.1 Å². The molecular formula is C14H17ClFNO3. The maximum absolute atomic E-state index is 13.3. The Hall–Kier alpha value is -1.62. The first kappa shape index (κ1) is 16.4. The van der Waals surface area contributed by atoms with Gasteiger partial charge in [-0.05, 0) is 25.0 Å². The summed E-state index contributed by atoms with van der Waals surface area (Å²) in [7, 11) is 0. The molecule has 0 aliphatic heterocycles. The lowest BCUT2D eigenvalue weighted by molar-refractivity contribution is -0.138. The summed E-state index contributed by atoms with van der Waals surface area (Å²) in [6, 6.07) is 3.92. The Morgan fingerprint density at radius 2 is 2.05 bits per heavy atom. The van der Waals surface area contributed by atoms with Crippen LogP contribution in [0.4, 0.5) is 4.39 Å². The van der Waals surface area contributed by atoms with Crippen molar-refractivity contribution in [2.45, 2.75) is 32.7 Å². The monoisotopic (exact) mass is 301 g/mol. The minimum absolute atomic E-state index is 0.0102. The highest BCUT2D eigenvalue weighted by molar-refractivity contribution is 6.34. The summed E-state index contributed by atoms with van der Waals surface area (Å²) in [5.41, 5.74) is -0.956. The zero-order chi connectivity index (χ0) is 15.5. The Balaban J connectivity index is 3.03. The molecule has 0 aromatic heterocycles. The Bertz CT molecular complexity index is 533. The standard InChI is InChI=1S/C14H17ClFNO3/c1-8(2)14(3,7-11(18)19)17-13(20)9-5-4-6-10(16)12(9)15/h4-6,8H,7H2,1-3H3,(H,17,20)(H,18,19). The number of hydrogen-bond acceptors (Lipinski definition) is 2. The maximum Gasteiger partial charge on any atom is 0.305 e. The minimum Gasteiger partial charge on any atom is -0.481 e. The molecule has 1 rings (SSSR count). The number of carbonyl (C=O) groups excluding carboxylic acids is 1. The fourth-order valence-corrected chi connectivity index (χ4v) is 1.92. The molecule has 1 unspecified atom stereocenters. The topological polar surface area (TPSA) is 66.4 Å². The number of benzene rings is 1. The predicted octanol–water partition coefficient (Wildman–Crippen LogP) is 3.10. The predicted molar refractivity (Wildman–Crippen MR) is 74.4 cm³/mol. The van der Waals surface area contributed by atoms with Gasteiger partial charge in [-0.2, -0.15) is 0 Å². The first-order valence-electron chi connectivity index (χ1n) is 6.15. The van der Waals surface area contributed by atoms with Crippen LogP contribution in [0.25, 0.3) is 0 Å². The van der Waals surface area contributed by atoms with E-state index in [-0.39, 0.29) is 22.9 Å². The zero-order valence-electron chi connectivity index (χ0n) is 11.5. The molecule has 0 radical (unpaired) electrons. The average molecular weight is 302 g/mol. The summed E-state index contributed by atoms with van der Waals surface area (Å²) >= 11 is 5.75. The van der Waals surface area contributed by atoms with Crippen molar-refractivity contribution < 1.29 is 19.1 Å². The summed E-state index contributed by atoms with van der Waals surface area (Å²) in [4.78, 5) is 23.1. The third-order valence-corrected chi connectivity index (χ3v) is 3.77. The number of halogens is 2. The quantitative estimate of drug-likeness (QED) is 0.878. The number of carboxylic acids is 1. The van der Waals surface area contributed by atoms with Gasteiger partial charge in [-0.25, -0.2) is 4.39 Å². The van der Waals surface area contributed by atoms with Crippen LogP contribution >= 0.6 is 11.6 Å². The van der Waals surface area contributed by atoms with Gasteiger partial charge in [0.05, 0.1) is 22.5 Å². The highest BCUT2D eigenvalue weighted by Gasteiger charge is 2.33. The van der Waals surface area contributed by atoms with Crippen LogP contribution in [0.2, 0.25) is 5.02 Å². The zero-order valence-corrected chi connectivity index (χ0v) is 12.3. The van der Waals surface area contributed by atoms with Crippen molar-refractivity contribution >= 4 is 23.5 Å². The van der Waals surface area contributed by atoms with E-state index in [0.717, 1.165) is 6.07 Å². The third kappa shape index (κ3) is 3.70. The molecule has 0 heterocycles. The normalized spacial score (nSPS) is 13.9. The highest BCUT2D eigenvalue weighted by Crippen LogP contribution is 2.24. The lowest BCUT2D eigenvalue weighted by atomic mass is 9.85. The van der Waals surface area contributed by atoms with Crippen molar-refractivity contribution in [3.05, 3.63) is 34.6 Å². The largest absolute Gasteiger partial charge is 0.481 e. The number of nitrogens with one attached hydrogen (secondary N) is 1. The molecule has 1 aromatic rings. The van der Waals surface area contributed by atoms with E-state index in [9.17, 15) is 14.0 Å². The fraction of sp³-hybridized carbons (Fsp3) is 0.429. The van der Waals surface area contributed by atoms with Gasteiger partial charge in [-0.15, -0.1) is 0 Å².